The van der Waals surface area contributed by atoms with Gasteiger partial charge in [-0.1, -0.05) is 42.4 Å². The Balaban J connectivity index is 1.84. The van der Waals surface area contributed by atoms with E-state index in [9.17, 15) is 4.79 Å². The van der Waals surface area contributed by atoms with E-state index in [0.29, 0.717) is 24.3 Å². The number of hydrogen-bond acceptors (Lipinski definition) is 5. The molecule has 3 aromatic rings. The lowest BCUT2D eigenvalue weighted by atomic mass is 10.1. The third kappa shape index (κ3) is 3.05. The van der Waals surface area contributed by atoms with Crippen molar-refractivity contribution >= 4 is 5.91 Å². The molecule has 1 atom stereocenters. The number of carbonyl (C=O) groups excluding carboxylic acids is 1. The zero-order valence-corrected chi connectivity index (χ0v) is 13.6. The number of benzene rings is 1. The van der Waals surface area contributed by atoms with Crippen molar-refractivity contribution in [3.05, 3.63) is 54.2 Å². The average Bonchev–Trinajstić information content (AvgIpc) is 3.29. The topological polar surface area (TPSA) is 85.8 Å². The van der Waals surface area contributed by atoms with Crippen LogP contribution in [-0.2, 0) is 6.54 Å². The van der Waals surface area contributed by atoms with Crippen LogP contribution in [0.4, 0.5) is 0 Å². The lowest BCUT2D eigenvalue weighted by Crippen LogP contribution is -2.30. The summed E-state index contributed by atoms with van der Waals surface area (Å²) in [6, 6.07) is 9.21. The Morgan fingerprint density at radius 1 is 1.29 bits per heavy atom. The number of nitrogens with zero attached hydrogens (tertiary/aromatic N) is 4. The fourth-order valence-corrected chi connectivity index (χ4v) is 2.57. The van der Waals surface area contributed by atoms with Crippen LogP contribution in [0.2, 0.25) is 0 Å². The van der Waals surface area contributed by atoms with Gasteiger partial charge in [-0.15, -0.1) is 0 Å². The van der Waals surface area contributed by atoms with Gasteiger partial charge < -0.3 is 9.84 Å². The van der Waals surface area contributed by atoms with Crippen LogP contribution >= 0.6 is 0 Å². The van der Waals surface area contributed by atoms with Crippen LogP contribution < -0.4 is 5.32 Å². The number of amides is 1. The maximum Gasteiger partial charge on any atom is 0.257 e. The molecule has 1 aromatic carbocycles. The van der Waals surface area contributed by atoms with E-state index < -0.39 is 0 Å². The molecule has 124 valence electrons. The first-order chi connectivity index (χ1) is 11.7. The van der Waals surface area contributed by atoms with Crippen molar-refractivity contribution in [2.45, 2.75) is 32.9 Å². The van der Waals surface area contributed by atoms with E-state index in [4.69, 9.17) is 4.52 Å². The van der Waals surface area contributed by atoms with Crippen LogP contribution in [-0.4, -0.2) is 25.8 Å². The molecular formula is C17H19N5O2. The van der Waals surface area contributed by atoms with Crippen LogP contribution in [0.15, 0.2) is 47.4 Å². The number of aryl methyl sites for hydroxylation is 1. The molecule has 0 aliphatic heterocycles. The highest BCUT2D eigenvalue weighted by Gasteiger charge is 2.23. The molecule has 3 rings (SSSR count). The Hall–Kier alpha value is -2.96. The fraction of sp³-hybridized carbons (Fsp3) is 0.294. The van der Waals surface area contributed by atoms with Gasteiger partial charge in [-0.25, -0.2) is 9.67 Å². The van der Waals surface area contributed by atoms with E-state index in [1.165, 1.54) is 12.5 Å². The summed E-state index contributed by atoms with van der Waals surface area (Å²) in [5, 5.41) is 10.9. The summed E-state index contributed by atoms with van der Waals surface area (Å²) in [5.41, 5.74) is 1.21. The van der Waals surface area contributed by atoms with Crippen molar-refractivity contribution in [1.29, 1.82) is 0 Å². The van der Waals surface area contributed by atoms with Crippen LogP contribution in [0.1, 0.15) is 42.5 Å². The molecule has 0 saturated carbocycles. The number of aromatic nitrogens is 4. The van der Waals surface area contributed by atoms with Crippen molar-refractivity contribution in [2.75, 3.05) is 0 Å². The van der Waals surface area contributed by atoms with E-state index >= 15 is 0 Å². The predicted molar refractivity (Wildman–Crippen MR) is 88.1 cm³/mol. The standard InChI is InChI=1S/C17H19N5O2/c1-3-14(16-18-11-19-22(16)4-2)21-17(23)13-10-20-24-15(13)12-8-6-5-7-9-12/h5-11,14H,3-4H2,1-2H3,(H,21,23)/t14-/m1/s1. The highest BCUT2D eigenvalue weighted by atomic mass is 16.5. The van der Waals surface area contributed by atoms with E-state index in [1.807, 2.05) is 44.2 Å². The summed E-state index contributed by atoms with van der Waals surface area (Å²) in [6.45, 7) is 4.68. The highest BCUT2D eigenvalue weighted by molar-refractivity contribution is 5.99. The molecule has 1 N–H and O–H groups in total. The average molecular weight is 325 g/mol. The number of hydrogen-bond donors (Lipinski definition) is 1. The van der Waals surface area contributed by atoms with Gasteiger partial charge in [0, 0.05) is 12.1 Å². The van der Waals surface area contributed by atoms with Gasteiger partial charge in [-0.05, 0) is 13.3 Å². The SMILES string of the molecule is CC[C@@H](NC(=O)c1cnoc1-c1ccccc1)c1ncnn1CC. The molecule has 2 aromatic heterocycles. The third-order valence-corrected chi connectivity index (χ3v) is 3.82. The van der Waals surface area contributed by atoms with Crippen LogP contribution in [0.3, 0.4) is 0 Å². The summed E-state index contributed by atoms with van der Waals surface area (Å²) in [7, 11) is 0. The first kappa shape index (κ1) is 15.9. The van der Waals surface area contributed by atoms with Crippen LogP contribution in [0, 0.1) is 0 Å². The second-order valence-corrected chi connectivity index (χ2v) is 5.30. The Kier molecular flexibility index (Phi) is 4.69. The first-order valence-corrected chi connectivity index (χ1v) is 7.93. The Bertz CT molecular complexity index is 809. The smallest absolute Gasteiger partial charge is 0.257 e. The van der Waals surface area contributed by atoms with E-state index in [-0.39, 0.29) is 11.9 Å². The minimum Gasteiger partial charge on any atom is -0.355 e. The molecule has 7 nitrogen and oxygen atoms in total. The molecule has 24 heavy (non-hydrogen) atoms. The minimum atomic E-state index is -0.243. The lowest BCUT2D eigenvalue weighted by Gasteiger charge is -2.16. The molecule has 0 fully saturated rings. The van der Waals surface area contributed by atoms with Crippen molar-refractivity contribution in [3.63, 3.8) is 0 Å². The third-order valence-electron chi connectivity index (χ3n) is 3.82. The van der Waals surface area contributed by atoms with E-state index in [2.05, 4.69) is 20.6 Å². The van der Waals surface area contributed by atoms with Crippen molar-refractivity contribution in [3.8, 4) is 11.3 Å². The molecule has 0 radical (unpaired) electrons. The van der Waals surface area contributed by atoms with Gasteiger partial charge in [0.15, 0.2) is 5.76 Å². The minimum absolute atomic E-state index is 0.224. The van der Waals surface area contributed by atoms with Gasteiger partial charge >= 0.3 is 0 Å². The fourth-order valence-electron chi connectivity index (χ4n) is 2.57. The second-order valence-electron chi connectivity index (χ2n) is 5.30. The van der Waals surface area contributed by atoms with Crippen LogP contribution in [0.25, 0.3) is 11.3 Å². The first-order valence-electron chi connectivity index (χ1n) is 7.93. The zero-order valence-electron chi connectivity index (χ0n) is 13.6. The van der Waals surface area contributed by atoms with Gasteiger partial charge in [-0.2, -0.15) is 5.10 Å². The predicted octanol–water partition coefficient (Wildman–Crippen LogP) is 2.83. The van der Waals surface area contributed by atoms with Gasteiger partial charge in [-0.3, -0.25) is 4.79 Å². The van der Waals surface area contributed by atoms with E-state index in [1.54, 1.807) is 4.68 Å². The van der Waals surface area contributed by atoms with Gasteiger partial charge in [0.25, 0.3) is 5.91 Å². The monoisotopic (exact) mass is 325 g/mol. The summed E-state index contributed by atoms with van der Waals surface area (Å²) in [4.78, 5) is 17.0. The summed E-state index contributed by atoms with van der Waals surface area (Å²) < 4.78 is 7.06. The normalized spacial score (nSPS) is 12.1. The molecule has 0 aliphatic carbocycles. The molecule has 7 heteroatoms. The quantitative estimate of drug-likeness (QED) is 0.753. The zero-order chi connectivity index (χ0) is 16.9. The summed E-state index contributed by atoms with van der Waals surface area (Å²) in [6.07, 6.45) is 3.65. The highest BCUT2D eigenvalue weighted by Crippen LogP contribution is 2.24. The molecule has 0 saturated heterocycles. The Morgan fingerprint density at radius 2 is 2.08 bits per heavy atom. The van der Waals surface area contributed by atoms with Gasteiger partial charge in [0.05, 0.1) is 12.2 Å². The van der Waals surface area contributed by atoms with Crippen LogP contribution in [0.5, 0.6) is 0 Å². The Labute approximate surface area is 139 Å². The summed E-state index contributed by atoms with van der Waals surface area (Å²) >= 11 is 0. The number of carbonyl (C=O) groups is 1. The van der Waals surface area contributed by atoms with Gasteiger partial charge in [0.1, 0.15) is 17.7 Å². The number of rotatable bonds is 6. The largest absolute Gasteiger partial charge is 0.355 e. The maximum absolute atomic E-state index is 12.7. The second kappa shape index (κ2) is 7.08. The van der Waals surface area contributed by atoms with Crippen molar-refractivity contribution in [1.82, 2.24) is 25.2 Å². The summed E-state index contributed by atoms with van der Waals surface area (Å²) in [5.74, 6) is 0.957. The number of nitrogens with one attached hydrogen (secondary N) is 1. The molecule has 0 bridgehead atoms. The molecule has 0 spiro atoms. The molecule has 1 amide bonds. The van der Waals surface area contributed by atoms with Gasteiger partial charge in [0.2, 0.25) is 0 Å². The Morgan fingerprint density at radius 3 is 2.79 bits per heavy atom. The molecule has 0 aliphatic rings. The van der Waals surface area contributed by atoms with Crippen molar-refractivity contribution in [2.24, 2.45) is 0 Å². The molecule has 2 heterocycles. The van der Waals surface area contributed by atoms with E-state index in [0.717, 1.165) is 11.4 Å². The molecular weight excluding hydrogens is 306 g/mol. The molecule has 0 unspecified atom stereocenters. The van der Waals surface area contributed by atoms with Crippen molar-refractivity contribution < 1.29 is 9.32 Å². The maximum atomic E-state index is 12.7. The lowest BCUT2D eigenvalue weighted by molar-refractivity contribution is 0.0933.